The molecule has 20 heavy (non-hydrogen) atoms. The summed E-state index contributed by atoms with van der Waals surface area (Å²) < 4.78 is 10.3. The van der Waals surface area contributed by atoms with Crippen LogP contribution in [-0.2, 0) is 32.3 Å². The minimum atomic E-state index is -0.221. The lowest BCUT2D eigenvalue weighted by Gasteiger charge is -2.10. The van der Waals surface area contributed by atoms with Crippen LogP contribution in [0.25, 0.3) is 0 Å². The van der Waals surface area contributed by atoms with Crippen LogP contribution in [0.2, 0.25) is 0 Å². The maximum atomic E-state index is 11.4. The predicted octanol–water partition coefficient (Wildman–Crippen LogP) is 3.09. The van der Waals surface area contributed by atoms with Crippen molar-refractivity contribution in [2.45, 2.75) is 40.9 Å². The summed E-state index contributed by atoms with van der Waals surface area (Å²) in [5.41, 5.74) is 1.77. The Labute approximate surface area is 120 Å². The summed E-state index contributed by atoms with van der Waals surface area (Å²) in [6, 6.07) is 7.49. The number of carbonyl (C=O) groups is 2. The second-order valence-electron chi connectivity index (χ2n) is 5.34. The van der Waals surface area contributed by atoms with E-state index in [-0.39, 0.29) is 37.0 Å². The fraction of sp³-hybridized carbons (Fsp3) is 0.500. The molecule has 0 atom stereocenters. The van der Waals surface area contributed by atoms with Crippen molar-refractivity contribution in [1.29, 1.82) is 0 Å². The van der Waals surface area contributed by atoms with Crippen LogP contribution >= 0.6 is 0 Å². The van der Waals surface area contributed by atoms with Crippen molar-refractivity contribution in [3.05, 3.63) is 35.4 Å². The Kier molecular flexibility index (Phi) is 6.22. The zero-order valence-corrected chi connectivity index (χ0v) is 12.5. The molecule has 0 fully saturated rings. The van der Waals surface area contributed by atoms with Gasteiger partial charge in [-0.05, 0) is 17.2 Å². The maximum Gasteiger partial charge on any atom is 0.308 e. The first kappa shape index (κ1) is 16.2. The first-order valence-electron chi connectivity index (χ1n) is 6.81. The van der Waals surface area contributed by atoms with E-state index in [1.54, 1.807) is 27.7 Å². The smallest absolute Gasteiger partial charge is 0.308 e. The molecular weight excluding hydrogens is 256 g/mol. The van der Waals surface area contributed by atoms with Crippen molar-refractivity contribution >= 4 is 11.9 Å². The molecule has 0 heterocycles. The third-order valence-corrected chi connectivity index (χ3v) is 2.70. The molecule has 1 aromatic rings. The monoisotopic (exact) mass is 278 g/mol. The van der Waals surface area contributed by atoms with Gasteiger partial charge in [-0.3, -0.25) is 9.59 Å². The van der Waals surface area contributed by atoms with E-state index < -0.39 is 0 Å². The molecule has 0 spiro atoms. The highest BCUT2D eigenvalue weighted by Crippen LogP contribution is 2.10. The molecule has 1 rings (SSSR count). The van der Waals surface area contributed by atoms with Crippen LogP contribution in [0.5, 0.6) is 0 Å². The second kappa shape index (κ2) is 7.68. The summed E-state index contributed by atoms with van der Waals surface area (Å²) in [7, 11) is 0. The molecule has 0 bridgehead atoms. The quantitative estimate of drug-likeness (QED) is 0.750. The normalized spacial score (nSPS) is 10.7. The summed E-state index contributed by atoms with van der Waals surface area (Å²) in [6.45, 7) is 7.66. The third kappa shape index (κ3) is 5.43. The van der Waals surface area contributed by atoms with Crippen LogP contribution in [0, 0.1) is 11.8 Å². The number of hydrogen-bond donors (Lipinski definition) is 0. The van der Waals surface area contributed by atoms with Crippen LogP contribution < -0.4 is 0 Å². The fourth-order valence-corrected chi connectivity index (χ4v) is 1.45. The highest BCUT2D eigenvalue weighted by atomic mass is 16.5. The number of hydrogen-bond acceptors (Lipinski definition) is 4. The Morgan fingerprint density at radius 2 is 1.30 bits per heavy atom. The molecule has 0 saturated heterocycles. The minimum absolute atomic E-state index is 0.134. The van der Waals surface area contributed by atoms with Crippen LogP contribution in [0.15, 0.2) is 24.3 Å². The van der Waals surface area contributed by atoms with Gasteiger partial charge >= 0.3 is 11.9 Å². The number of ether oxygens (including phenoxy) is 2. The molecule has 0 aromatic heterocycles. The molecule has 0 radical (unpaired) electrons. The van der Waals surface area contributed by atoms with E-state index in [1.165, 1.54) is 0 Å². The van der Waals surface area contributed by atoms with E-state index in [0.717, 1.165) is 11.1 Å². The summed E-state index contributed by atoms with van der Waals surface area (Å²) in [4.78, 5) is 22.8. The van der Waals surface area contributed by atoms with Crippen molar-refractivity contribution in [2.24, 2.45) is 11.8 Å². The minimum Gasteiger partial charge on any atom is -0.461 e. The lowest BCUT2D eigenvalue weighted by molar-refractivity contribution is -0.149. The van der Waals surface area contributed by atoms with Crippen molar-refractivity contribution in [1.82, 2.24) is 0 Å². The molecule has 0 amide bonds. The van der Waals surface area contributed by atoms with Gasteiger partial charge in [0.1, 0.15) is 13.2 Å². The van der Waals surface area contributed by atoms with Crippen LogP contribution in [0.4, 0.5) is 0 Å². The summed E-state index contributed by atoms with van der Waals surface area (Å²) in [6.07, 6.45) is 0. The van der Waals surface area contributed by atoms with Crippen molar-refractivity contribution in [2.75, 3.05) is 0 Å². The van der Waals surface area contributed by atoms with Crippen molar-refractivity contribution in [3.8, 4) is 0 Å². The lowest BCUT2D eigenvalue weighted by Crippen LogP contribution is -2.12. The van der Waals surface area contributed by atoms with Gasteiger partial charge in [0.2, 0.25) is 0 Å². The van der Waals surface area contributed by atoms with E-state index in [1.807, 2.05) is 24.3 Å². The Balaban J connectivity index is 2.53. The summed E-state index contributed by atoms with van der Waals surface area (Å²) in [5, 5.41) is 0. The van der Waals surface area contributed by atoms with Gasteiger partial charge in [-0.1, -0.05) is 45.9 Å². The number of carbonyl (C=O) groups excluding carboxylic acids is 2. The molecule has 4 nitrogen and oxygen atoms in total. The van der Waals surface area contributed by atoms with Crippen LogP contribution in [0.1, 0.15) is 38.8 Å². The predicted molar refractivity (Wildman–Crippen MR) is 75.7 cm³/mol. The molecule has 0 aliphatic rings. The van der Waals surface area contributed by atoms with E-state index in [0.29, 0.717) is 0 Å². The topological polar surface area (TPSA) is 52.6 Å². The second-order valence-corrected chi connectivity index (χ2v) is 5.34. The van der Waals surface area contributed by atoms with E-state index in [2.05, 4.69) is 0 Å². The molecule has 110 valence electrons. The van der Waals surface area contributed by atoms with Gasteiger partial charge in [0.25, 0.3) is 0 Å². The van der Waals surface area contributed by atoms with Gasteiger partial charge in [0.05, 0.1) is 11.8 Å². The van der Waals surface area contributed by atoms with E-state index in [4.69, 9.17) is 9.47 Å². The largest absolute Gasteiger partial charge is 0.461 e. The standard InChI is InChI=1S/C16H22O4/c1-11(2)15(17)19-9-13-6-5-7-14(8-13)10-20-16(18)12(3)4/h5-8,11-12H,9-10H2,1-4H3. The fourth-order valence-electron chi connectivity index (χ4n) is 1.45. The average molecular weight is 278 g/mol. The molecule has 1 aromatic carbocycles. The molecule has 0 aliphatic heterocycles. The Morgan fingerprint density at radius 1 is 0.900 bits per heavy atom. The SMILES string of the molecule is CC(C)C(=O)OCc1cccc(COC(=O)C(C)C)c1. The van der Waals surface area contributed by atoms with E-state index >= 15 is 0 Å². The number of esters is 2. The van der Waals surface area contributed by atoms with Gasteiger partial charge < -0.3 is 9.47 Å². The molecule has 4 heteroatoms. The molecule has 0 aliphatic carbocycles. The Morgan fingerprint density at radius 3 is 1.65 bits per heavy atom. The van der Waals surface area contributed by atoms with Crippen molar-refractivity contribution in [3.63, 3.8) is 0 Å². The molecule has 0 N–H and O–H groups in total. The van der Waals surface area contributed by atoms with Gasteiger partial charge in [0.15, 0.2) is 0 Å². The Bertz CT molecular complexity index is 424. The lowest BCUT2D eigenvalue weighted by atomic mass is 10.1. The zero-order valence-electron chi connectivity index (χ0n) is 12.5. The molecular formula is C16H22O4. The highest BCUT2D eigenvalue weighted by Gasteiger charge is 2.10. The maximum absolute atomic E-state index is 11.4. The first-order chi connectivity index (χ1) is 9.40. The molecule has 0 saturated carbocycles. The van der Waals surface area contributed by atoms with E-state index in [9.17, 15) is 9.59 Å². The highest BCUT2D eigenvalue weighted by molar-refractivity contribution is 5.71. The van der Waals surface area contributed by atoms with Gasteiger partial charge in [-0.2, -0.15) is 0 Å². The van der Waals surface area contributed by atoms with Crippen LogP contribution in [0.3, 0.4) is 0 Å². The average Bonchev–Trinajstić information content (AvgIpc) is 2.42. The third-order valence-electron chi connectivity index (χ3n) is 2.70. The summed E-state index contributed by atoms with van der Waals surface area (Å²) in [5.74, 6) is -0.710. The Hall–Kier alpha value is -1.84. The number of benzene rings is 1. The zero-order chi connectivity index (χ0) is 15.1. The van der Waals surface area contributed by atoms with Crippen molar-refractivity contribution < 1.29 is 19.1 Å². The summed E-state index contributed by atoms with van der Waals surface area (Å²) >= 11 is 0. The van der Waals surface area contributed by atoms with Gasteiger partial charge in [0, 0.05) is 0 Å². The number of rotatable bonds is 6. The van der Waals surface area contributed by atoms with Crippen LogP contribution in [-0.4, -0.2) is 11.9 Å². The first-order valence-corrected chi connectivity index (χ1v) is 6.81. The molecule has 0 unspecified atom stereocenters. The van der Waals surface area contributed by atoms with Gasteiger partial charge in [-0.25, -0.2) is 0 Å². The van der Waals surface area contributed by atoms with Gasteiger partial charge in [-0.15, -0.1) is 0 Å².